The molecule has 0 spiro atoms. The molecular weight excluding hydrogens is 154 g/mol. The number of hydrogen-bond donors (Lipinski definition) is 2. The Kier molecular flexibility index (Phi) is 3.49. The van der Waals surface area contributed by atoms with Crippen LogP contribution in [0.15, 0.2) is 0 Å². The third kappa shape index (κ3) is 2.19. The molecular formula is C8H17N3O. The van der Waals surface area contributed by atoms with Crippen LogP contribution >= 0.6 is 0 Å². The van der Waals surface area contributed by atoms with E-state index in [4.69, 9.17) is 5.73 Å². The van der Waals surface area contributed by atoms with Gasteiger partial charge < -0.3 is 16.0 Å². The van der Waals surface area contributed by atoms with Crippen LogP contribution in [0.3, 0.4) is 0 Å². The molecule has 1 fully saturated rings. The molecule has 1 unspecified atom stereocenters. The van der Waals surface area contributed by atoms with Crippen LogP contribution in [0.2, 0.25) is 0 Å². The van der Waals surface area contributed by atoms with Crippen LogP contribution in [-0.2, 0) is 4.79 Å². The Morgan fingerprint density at radius 1 is 1.75 bits per heavy atom. The molecule has 1 heterocycles. The van der Waals surface area contributed by atoms with Gasteiger partial charge in [-0.1, -0.05) is 0 Å². The van der Waals surface area contributed by atoms with Crippen LogP contribution in [0.4, 0.5) is 0 Å². The van der Waals surface area contributed by atoms with Gasteiger partial charge in [-0.3, -0.25) is 4.79 Å². The summed E-state index contributed by atoms with van der Waals surface area (Å²) >= 11 is 0. The Morgan fingerprint density at radius 2 is 2.50 bits per heavy atom. The maximum Gasteiger partial charge on any atom is 0.239 e. The quantitative estimate of drug-likeness (QED) is 0.569. The number of nitrogens with zero attached hydrogens (tertiary/aromatic N) is 1. The van der Waals surface area contributed by atoms with Crippen molar-refractivity contribution >= 4 is 5.91 Å². The van der Waals surface area contributed by atoms with Crippen molar-refractivity contribution in [2.24, 2.45) is 5.73 Å². The number of carbonyl (C=O) groups is 1. The summed E-state index contributed by atoms with van der Waals surface area (Å²) in [7, 11) is 0. The number of carbonyl (C=O) groups excluding carboxylic acids is 1. The van der Waals surface area contributed by atoms with Gasteiger partial charge in [0.15, 0.2) is 0 Å². The summed E-state index contributed by atoms with van der Waals surface area (Å²) in [6.07, 6.45) is 1.02. The van der Waals surface area contributed by atoms with Gasteiger partial charge in [-0.05, 0) is 19.9 Å². The number of hydrogen-bond acceptors (Lipinski definition) is 3. The molecule has 0 aromatic rings. The van der Waals surface area contributed by atoms with Crippen molar-refractivity contribution in [3.8, 4) is 0 Å². The average molecular weight is 171 g/mol. The normalized spacial score (nSPS) is 25.7. The molecule has 1 atom stereocenters. The highest BCUT2D eigenvalue weighted by molar-refractivity contribution is 5.81. The Labute approximate surface area is 73.1 Å². The van der Waals surface area contributed by atoms with E-state index in [0.717, 1.165) is 19.5 Å². The molecule has 4 heteroatoms. The zero-order chi connectivity index (χ0) is 8.97. The molecule has 1 rings (SSSR count). The van der Waals surface area contributed by atoms with Crippen LogP contribution in [0.1, 0.15) is 13.3 Å². The third-order valence-corrected chi connectivity index (χ3v) is 2.14. The maximum absolute atomic E-state index is 11.5. The van der Waals surface area contributed by atoms with Crippen molar-refractivity contribution < 1.29 is 4.79 Å². The van der Waals surface area contributed by atoms with Crippen molar-refractivity contribution in [3.63, 3.8) is 0 Å². The SMILES string of the molecule is CC1NCCCN(CCN)C1=O. The summed E-state index contributed by atoms with van der Waals surface area (Å²) in [5, 5.41) is 3.15. The van der Waals surface area contributed by atoms with Crippen LogP contribution < -0.4 is 11.1 Å². The second-order valence-electron chi connectivity index (χ2n) is 3.14. The molecule has 1 amide bonds. The van der Waals surface area contributed by atoms with E-state index in [1.165, 1.54) is 0 Å². The average Bonchev–Trinajstić information content (AvgIpc) is 2.20. The van der Waals surface area contributed by atoms with Crippen molar-refractivity contribution in [1.82, 2.24) is 10.2 Å². The minimum atomic E-state index is -0.0425. The first-order valence-corrected chi connectivity index (χ1v) is 4.48. The lowest BCUT2D eigenvalue weighted by atomic mass is 10.3. The molecule has 0 aromatic carbocycles. The molecule has 4 nitrogen and oxygen atoms in total. The van der Waals surface area contributed by atoms with Gasteiger partial charge in [-0.2, -0.15) is 0 Å². The zero-order valence-corrected chi connectivity index (χ0v) is 7.55. The van der Waals surface area contributed by atoms with Gasteiger partial charge in [0.2, 0.25) is 5.91 Å². The van der Waals surface area contributed by atoms with E-state index in [-0.39, 0.29) is 11.9 Å². The minimum Gasteiger partial charge on any atom is -0.340 e. The summed E-state index contributed by atoms with van der Waals surface area (Å²) in [4.78, 5) is 13.4. The summed E-state index contributed by atoms with van der Waals surface area (Å²) < 4.78 is 0. The number of nitrogens with one attached hydrogen (secondary N) is 1. The standard InChI is InChI=1S/C8H17N3O/c1-7-8(12)11(6-3-9)5-2-4-10-7/h7,10H,2-6,9H2,1H3. The van der Waals surface area contributed by atoms with Crippen LogP contribution in [0.5, 0.6) is 0 Å². The fraction of sp³-hybridized carbons (Fsp3) is 0.875. The molecule has 0 aromatic heterocycles. The maximum atomic E-state index is 11.5. The van der Waals surface area contributed by atoms with Gasteiger partial charge >= 0.3 is 0 Å². The number of nitrogens with two attached hydrogens (primary N) is 1. The van der Waals surface area contributed by atoms with Crippen molar-refractivity contribution in [2.75, 3.05) is 26.2 Å². The lowest BCUT2D eigenvalue weighted by molar-refractivity contribution is -0.132. The second-order valence-corrected chi connectivity index (χ2v) is 3.14. The van der Waals surface area contributed by atoms with Gasteiger partial charge in [-0.25, -0.2) is 0 Å². The first-order valence-electron chi connectivity index (χ1n) is 4.48. The molecule has 0 bridgehead atoms. The van der Waals surface area contributed by atoms with Gasteiger partial charge in [0.25, 0.3) is 0 Å². The molecule has 0 saturated carbocycles. The Balaban J connectivity index is 2.52. The molecule has 1 aliphatic rings. The minimum absolute atomic E-state index is 0.0425. The molecule has 70 valence electrons. The van der Waals surface area contributed by atoms with E-state index in [1.807, 2.05) is 11.8 Å². The van der Waals surface area contributed by atoms with Crippen LogP contribution in [0, 0.1) is 0 Å². The fourth-order valence-corrected chi connectivity index (χ4v) is 1.44. The highest BCUT2D eigenvalue weighted by Crippen LogP contribution is 2.00. The molecule has 3 N–H and O–H groups in total. The van der Waals surface area contributed by atoms with Gasteiger partial charge in [0.05, 0.1) is 6.04 Å². The first kappa shape index (κ1) is 9.48. The number of rotatable bonds is 2. The third-order valence-electron chi connectivity index (χ3n) is 2.14. The molecule has 1 saturated heterocycles. The topological polar surface area (TPSA) is 58.4 Å². The summed E-state index contributed by atoms with van der Waals surface area (Å²) in [5.41, 5.74) is 5.40. The molecule has 0 radical (unpaired) electrons. The highest BCUT2D eigenvalue weighted by atomic mass is 16.2. The zero-order valence-electron chi connectivity index (χ0n) is 7.55. The van der Waals surface area contributed by atoms with Gasteiger partial charge in [0, 0.05) is 19.6 Å². The Hall–Kier alpha value is -0.610. The van der Waals surface area contributed by atoms with E-state index in [2.05, 4.69) is 5.32 Å². The van der Waals surface area contributed by atoms with E-state index in [0.29, 0.717) is 13.1 Å². The summed E-state index contributed by atoms with van der Waals surface area (Å²) in [6.45, 7) is 4.90. The predicted molar refractivity (Wildman–Crippen MR) is 47.7 cm³/mol. The molecule has 0 aliphatic carbocycles. The summed E-state index contributed by atoms with van der Waals surface area (Å²) in [6, 6.07) is -0.0425. The Bertz CT molecular complexity index is 160. The van der Waals surface area contributed by atoms with E-state index < -0.39 is 0 Å². The lowest BCUT2D eigenvalue weighted by Crippen LogP contribution is -2.43. The first-order chi connectivity index (χ1) is 5.75. The fourth-order valence-electron chi connectivity index (χ4n) is 1.44. The second kappa shape index (κ2) is 4.42. The number of amides is 1. The highest BCUT2D eigenvalue weighted by Gasteiger charge is 2.21. The molecule has 12 heavy (non-hydrogen) atoms. The monoisotopic (exact) mass is 171 g/mol. The van der Waals surface area contributed by atoms with Gasteiger partial charge in [0.1, 0.15) is 0 Å². The van der Waals surface area contributed by atoms with E-state index in [9.17, 15) is 4.79 Å². The lowest BCUT2D eigenvalue weighted by Gasteiger charge is -2.21. The van der Waals surface area contributed by atoms with Gasteiger partial charge in [-0.15, -0.1) is 0 Å². The van der Waals surface area contributed by atoms with Crippen LogP contribution in [-0.4, -0.2) is 43.0 Å². The van der Waals surface area contributed by atoms with E-state index >= 15 is 0 Å². The van der Waals surface area contributed by atoms with Crippen LogP contribution in [0.25, 0.3) is 0 Å². The van der Waals surface area contributed by atoms with E-state index in [1.54, 1.807) is 0 Å². The Morgan fingerprint density at radius 3 is 3.17 bits per heavy atom. The van der Waals surface area contributed by atoms with Crippen molar-refractivity contribution in [1.29, 1.82) is 0 Å². The van der Waals surface area contributed by atoms with Crippen molar-refractivity contribution in [3.05, 3.63) is 0 Å². The largest absolute Gasteiger partial charge is 0.340 e. The molecule has 1 aliphatic heterocycles. The predicted octanol–water partition coefficient (Wildman–Crippen LogP) is -0.844. The summed E-state index contributed by atoms with van der Waals surface area (Å²) in [5.74, 6) is 0.179. The smallest absolute Gasteiger partial charge is 0.239 e. The van der Waals surface area contributed by atoms with Crippen molar-refractivity contribution in [2.45, 2.75) is 19.4 Å².